The molecular weight excluding hydrogens is 296 g/mol. The first-order chi connectivity index (χ1) is 10.2. The molecule has 0 amide bonds. The smallest absolute Gasteiger partial charge is 0.0823 e. The molecule has 2 heteroatoms. The Balaban J connectivity index is 3.09. The van der Waals surface area contributed by atoms with E-state index < -0.39 is 16.1 Å². The highest BCUT2D eigenvalue weighted by atomic mass is 28.3. The molecule has 0 atom stereocenters. The molecule has 0 bridgehead atoms. The van der Waals surface area contributed by atoms with Crippen LogP contribution in [0.3, 0.4) is 0 Å². The summed E-state index contributed by atoms with van der Waals surface area (Å²) in [6.45, 7) is 14.9. The second-order valence-electron chi connectivity index (χ2n) is 8.70. The molecule has 124 valence electrons. The molecule has 0 aromatic carbocycles. The van der Waals surface area contributed by atoms with Crippen LogP contribution in [-0.4, -0.2) is 16.1 Å². The van der Waals surface area contributed by atoms with Gasteiger partial charge in [-0.1, -0.05) is 45.7 Å². The first-order valence-corrected chi connectivity index (χ1v) is 16.2. The van der Waals surface area contributed by atoms with Crippen molar-refractivity contribution in [3.05, 3.63) is 16.1 Å². The van der Waals surface area contributed by atoms with E-state index in [1.54, 1.807) is 10.4 Å². The van der Waals surface area contributed by atoms with Gasteiger partial charge in [0, 0.05) is 12.8 Å². The summed E-state index contributed by atoms with van der Waals surface area (Å²) in [6.07, 6.45) is 11.2. The number of allylic oxidation sites excluding steroid dienone is 1. The third-order valence-corrected chi connectivity index (χ3v) is 8.82. The number of hydrogen-bond donors (Lipinski definition) is 0. The van der Waals surface area contributed by atoms with Crippen molar-refractivity contribution in [2.45, 2.75) is 97.1 Å². The number of rotatable bonds is 2. The summed E-state index contributed by atoms with van der Waals surface area (Å²) in [4.78, 5) is 0. The second kappa shape index (κ2) is 8.97. The molecule has 0 heterocycles. The lowest BCUT2D eigenvalue weighted by atomic mass is 10.1. The SMILES string of the molecule is C[Si](C)(C)C1=C=C([Si](C)(C)C)CCCCCC#CCCCC1. The molecule has 0 fully saturated rings. The third-order valence-electron chi connectivity index (χ3n) is 4.44. The predicted octanol–water partition coefficient (Wildman–Crippen LogP) is 6.72. The van der Waals surface area contributed by atoms with Gasteiger partial charge in [-0.3, -0.25) is 0 Å². The van der Waals surface area contributed by atoms with E-state index in [0.29, 0.717) is 0 Å². The molecule has 1 rings (SSSR count). The molecule has 0 N–H and O–H groups in total. The molecule has 0 unspecified atom stereocenters. The van der Waals surface area contributed by atoms with Gasteiger partial charge in [0.05, 0.1) is 16.1 Å². The largest absolute Gasteiger partial charge is 0.132 e. The van der Waals surface area contributed by atoms with Crippen molar-refractivity contribution in [2.75, 3.05) is 0 Å². The molecule has 0 aromatic rings. The molecule has 1 aliphatic carbocycles. The zero-order valence-corrected chi connectivity index (χ0v) is 17.9. The Morgan fingerprint density at radius 1 is 0.591 bits per heavy atom. The molecule has 1 aliphatic rings. The van der Waals surface area contributed by atoms with E-state index in [-0.39, 0.29) is 0 Å². The maximum Gasteiger partial charge on any atom is 0.0823 e. The molecule has 0 saturated heterocycles. The first kappa shape index (κ1) is 19.6. The standard InChI is InChI=1S/C20H36Si2/c1-21(2,3)19-16-14-12-10-8-7-9-11-13-15-17-20(18-19)22(4,5)6/h8,10-17H2,1-6H3. The molecular formula is C20H36Si2. The Kier molecular flexibility index (Phi) is 7.97. The highest BCUT2D eigenvalue weighted by Crippen LogP contribution is 2.25. The molecule has 0 radical (unpaired) electrons. The van der Waals surface area contributed by atoms with Gasteiger partial charge in [-0.2, -0.15) is 0 Å². The minimum absolute atomic E-state index is 1.09. The van der Waals surface area contributed by atoms with Gasteiger partial charge < -0.3 is 0 Å². The maximum absolute atomic E-state index is 4.01. The van der Waals surface area contributed by atoms with Gasteiger partial charge in [0.25, 0.3) is 0 Å². The summed E-state index contributed by atoms with van der Waals surface area (Å²) < 4.78 is 0. The number of hydrogen-bond acceptors (Lipinski definition) is 0. The Morgan fingerprint density at radius 3 is 1.45 bits per heavy atom. The Hall–Kier alpha value is -0.486. The van der Waals surface area contributed by atoms with Crippen LogP contribution in [0.2, 0.25) is 39.3 Å². The van der Waals surface area contributed by atoms with Gasteiger partial charge in [0.1, 0.15) is 0 Å². The summed E-state index contributed by atoms with van der Waals surface area (Å²) in [5.41, 5.74) is 4.01. The summed E-state index contributed by atoms with van der Waals surface area (Å²) in [7, 11) is -2.49. The third kappa shape index (κ3) is 7.68. The highest BCUT2D eigenvalue weighted by Gasteiger charge is 2.23. The lowest BCUT2D eigenvalue weighted by Crippen LogP contribution is -2.27. The lowest BCUT2D eigenvalue weighted by molar-refractivity contribution is 0.695. The fourth-order valence-electron chi connectivity index (χ4n) is 2.82. The average Bonchev–Trinajstić information content (AvgIpc) is 2.38. The van der Waals surface area contributed by atoms with Crippen LogP contribution in [0.25, 0.3) is 0 Å². The molecule has 22 heavy (non-hydrogen) atoms. The van der Waals surface area contributed by atoms with Crippen molar-refractivity contribution in [2.24, 2.45) is 0 Å². The minimum atomic E-state index is -1.25. The zero-order valence-electron chi connectivity index (χ0n) is 15.9. The van der Waals surface area contributed by atoms with Gasteiger partial charge in [-0.25, -0.2) is 0 Å². The topological polar surface area (TPSA) is 0 Å². The van der Waals surface area contributed by atoms with Crippen molar-refractivity contribution in [3.8, 4) is 11.8 Å². The molecule has 0 nitrogen and oxygen atoms in total. The van der Waals surface area contributed by atoms with E-state index in [1.807, 2.05) is 0 Å². The molecule has 0 saturated carbocycles. The van der Waals surface area contributed by atoms with Crippen molar-refractivity contribution in [3.63, 3.8) is 0 Å². The summed E-state index contributed by atoms with van der Waals surface area (Å²) in [6, 6.07) is 0. The van der Waals surface area contributed by atoms with Crippen LogP contribution in [0.1, 0.15) is 57.8 Å². The van der Waals surface area contributed by atoms with Crippen LogP contribution >= 0.6 is 0 Å². The summed E-state index contributed by atoms with van der Waals surface area (Å²) in [5, 5.41) is 3.36. The van der Waals surface area contributed by atoms with Crippen LogP contribution in [0.5, 0.6) is 0 Å². The van der Waals surface area contributed by atoms with Crippen molar-refractivity contribution in [1.82, 2.24) is 0 Å². The van der Waals surface area contributed by atoms with Gasteiger partial charge in [-0.05, 0) is 48.9 Å². The summed E-state index contributed by atoms with van der Waals surface area (Å²) in [5.74, 6) is 6.72. The van der Waals surface area contributed by atoms with Crippen molar-refractivity contribution < 1.29 is 0 Å². The highest BCUT2D eigenvalue weighted by molar-refractivity contribution is 6.84. The van der Waals surface area contributed by atoms with Crippen LogP contribution in [0, 0.1) is 11.8 Å². The molecule has 0 spiro atoms. The average molecular weight is 333 g/mol. The van der Waals surface area contributed by atoms with E-state index in [1.165, 1.54) is 44.9 Å². The minimum Gasteiger partial charge on any atom is -0.132 e. The van der Waals surface area contributed by atoms with E-state index in [0.717, 1.165) is 12.8 Å². The van der Waals surface area contributed by atoms with Crippen LogP contribution in [-0.2, 0) is 0 Å². The first-order valence-electron chi connectivity index (χ1n) is 9.16. The molecule has 0 aromatic heterocycles. The van der Waals surface area contributed by atoms with Gasteiger partial charge in [0.2, 0.25) is 0 Å². The lowest BCUT2D eigenvalue weighted by Gasteiger charge is -2.23. The van der Waals surface area contributed by atoms with Crippen molar-refractivity contribution in [1.29, 1.82) is 0 Å². The van der Waals surface area contributed by atoms with Gasteiger partial charge >= 0.3 is 0 Å². The Labute approximate surface area is 141 Å². The predicted molar refractivity (Wildman–Crippen MR) is 107 cm³/mol. The van der Waals surface area contributed by atoms with Crippen LogP contribution in [0.4, 0.5) is 0 Å². The van der Waals surface area contributed by atoms with Crippen LogP contribution in [0.15, 0.2) is 16.1 Å². The van der Waals surface area contributed by atoms with E-state index in [4.69, 9.17) is 0 Å². The molecule has 0 aliphatic heterocycles. The van der Waals surface area contributed by atoms with Gasteiger partial charge in [0.15, 0.2) is 0 Å². The van der Waals surface area contributed by atoms with Gasteiger partial charge in [-0.15, -0.1) is 17.6 Å². The van der Waals surface area contributed by atoms with E-state index in [2.05, 4.69) is 56.9 Å². The monoisotopic (exact) mass is 332 g/mol. The van der Waals surface area contributed by atoms with E-state index in [9.17, 15) is 0 Å². The Bertz CT molecular complexity index is 469. The van der Waals surface area contributed by atoms with E-state index >= 15 is 0 Å². The van der Waals surface area contributed by atoms with Crippen molar-refractivity contribution >= 4 is 16.1 Å². The Morgan fingerprint density at radius 2 is 1.00 bits per heavy atom. The quantitative estimate of drug-likeness (QED) is 0.299. The second-order valence-corrected chi connectivity index (χ2v) is 18.9. The summed E-state index contributed by atoms with van der Waals surface area (Å²) >= 11 is 0. The van der Waals surface area contributed by atoms with Crippen LogP contribution < -0.4 is 0 Å². The fourth-order valence-corrected chi connectivity index (χ4v) is 5.85. The zero-order chi connectivity index (χ0) is 16.6. The normalized spacial score (nSPS) is 19.4. The fraction of sp³-hybridized carbons (Fsp3) is 0.750. The maximum atomic E-state index is 4.01.